The summed E-state index contributed by atoms with van der Waals surface area (Å²) < 4.78 is 0. The molecule has 1 aliphatic carbocycles. The molecule has 2 aromatic rings. The third kappa shape index (κ3) is 1.29. The smallest absolute Gasteiger partial charge is 0.0659 e. The molecule has 15 heavy (non-hydrogen) atoms. The van der Waals surface area contributed by atoms with Crippen molar-refractivity contribution >= 4 is 22.5 Å². The molecule has 1 saturated carbocycles. The zero-order chi connectivity index (χ0) is 10.5. The van der Waals surface area contributed by atoms with Gasteiger partial charge in [-0.1, -0.05) is 23.7 Å². The summed E-state index contributed by atoms with van der Waals surface area (Å²) in [4.78, 5) is 3.18. The molecule has 1 aliphatic rings. The minimum absolute atomic E-state index is 0.256. The molecule has 0 radical (unpaired) electrons. The highest BCUT2D eigenvalue weighted by molar-refractivity contribution is 6.35. The maximum Gasteiger partial charge on any atom is 0.0659 e. The van der Waals surface area contributed by atoms with Crippen LogP contribution in [0, 0.1) is 0 Å². The summed E-state index contributed by atoms with van der Waals surface area (Å²) in [6, 6.07) is 6.42. The molecule has 0 bridgehead atoms. The van der Waals surface area contributed by atoms with Crippen LogP contribution in [0.3, 0.4) is 0 Å². The van der Waals surface area contributed by atoms with Crippen molar-refractivity contribution in [2.75, 3.05) is 6.54 Å². The third-order valence-electron chi connectivity index (χ3n) is 3.49. The maximum absolute atomic E-state index is 6.03. The Kier molecular flexibility index (Phi) is 1.85. The number of H-pyrrole nitrogens is 1. The minimum atomic E-state index is 0.256. The van der Waals surface area contributed by atoms with Gasteiger partial charge in [0.05, 0.1) is 5.02 Å². The quantitative estimate of drug-likeness (QED) is 0.803. The molecule has 1 aromatic carbocycles. The largest absolute Gasteiger partial charge is 0.360 e. The predicted octanol–water partition coefficient (Wildman–Crippen LogP) is 2.81. The van der Waals surface area contributed by atoms with E-state index in [1.54, 1.807) is 0 Å². The second kappa shape index (κ2) is 3.00. The summed E-state index contributed by atoms with van der Waals surface area (Å²) in [7, 11) is 0. The fraction of sp³-hybridized carbons (Fsp3) is 0.333. The number of benzene rings is 1. The van der Waals surface area contributed by atoms with E-state index in [1.807, 2.05) is 6.20 Å². The van der Waals surface area contributed by atoms with E-state index >= 15 is 0 Å². The molecular weight excluding hydrogens is 208 g/mol. The van der Waals surface area contributed by atoms with E-state index in [0.29, 0.717) is 0 Å². The first-order chi connectivity index (χ1) is 7.25. The van der Waals surface area contributed by atoms with Gasteiger partial charge in [0.1, 0.15) is 0 Å². The van der Waals surface area contributed by atoms with Crippen LogP contribution in [0.2, 0.25) is 5.02 Å². The van der Waals surface area contributed by atoms with Crippen molar-refractivity contribution in [3.8, 4) is 0 Å². The molecule has 0 saturated heterocycles. The van der Waals surface area contributed by atoms with Crippen LogP contribution in [0.5, 0.6) is 0 Å². The molecule has 0 atom stereocenters. The highest BCUT2D eigenvalue weighted by Gasteiger charge is 2.42. The number of nitrogens with one attached hydrogen (secondary N) is 1. The average Bonchev–Trinajstić information content (AvgIpc) is 2.99. The molecule has 0 unspecified atom stereocenters. The van der Waals surface area contributed by atoms with Crippen molar-refractivity contribution in [1.82, 2.24) is 4.98 Å². The highest BCUT2D eigenvalue weighted by atomic mass is 35.5. The Labute approximate surface area is 93.4 Å². The number of hydrogen-bond donors (Lipinski definition) is 2. The van der Waals surface area contributed by atoms with Crippen LogP contribution >= 0.6 is 11.6 Å². The lowest BCUT2D eigenvalue weighted by atomic mass is 9.95. The molecule has 3 rings (SSSR count). The molecule has 0 aliphatic heterocycles. The van der Waals surface area contributed by atoms with Gasteiger partial charge < -0.3 is 10.7 Å². The van der Waals surface area contributed by atoms with Gasteiger partial charge >= 0.3 is 0 Å². The zero-order valence-corrected chi connectivity index (χ0v) is 9.14. The van der Waals surface area contributed by atoms with E-state index in [0.717, 1.165) is 22.5 Å². The van der Waals surface area contributed by atoms with Gasteiger partial charge in [0, 0.05) is 29.1 Å². The van der Waals surface area contributed by atoms with Crippen molar-refractivity contribution in [3.05, 3.63) is 35.0 Å². The highest BCUT2D eigenvalue weighted by Crippen LogP contribution is 2.47. The van der Waals surface area contributed by atoms with Crippen LogP contribution in [-0.2, 0) is 5.41 Å². The maximum atomic E-state index is 6.03. The van der Waals surface area contributed by atoms with E-state index in [-0.39, 0.29) is 5.41 Å². The first-order valence-corrected chi connectivity index (χ1v) is 5.60. The molecule has 0 amide bonds. The van der Waals surface area contributed by atoms with Crippen molar-refractivity contribution in [2.45, 2.75) is 18.3 Å². The lowest BCUT2D eigenvalue weighted by molar-refractivity contribution is 0.706. The van der Waals surface area contributed by atoms with E-state index in [4.69, 9.17) is 17.3 Å². The molecule has 1 fully saturated rings. The summed E-state index contributed by atoms with van der Waals surface area (Å²) in [6.07, 6.45) is 4.25. The van der Waals surface area contributed by atoms with Gasteiger partial charge in [-0.25, -0.2) is 0 Å². The SMILES string of the molecule is NCC1(c2ccc3c(Cl)c[nH]c3c2)CC1. The number of halogens is 1. The van der Waals surface area contributed by atoms with E-state index in [9.17, 15) is 0 Å². The Morgan fingerprint density at radius 3 is 2.87 bits per heavy atom. The van der Waals surface area contributed by atoms with Gasteiger partial charge in [0.2, 0.25) is 0 Å². The summed E-state index contributed by atoms with van der Waals surface area (Å²) >= 11 is 6.03. The van der Waals surface area contributed by atoms with Gasteiger partial charge in [-0.15, -0.1) is 0 Å². The lowest BCUT2D eigenvalue weighted by Gasteiger charge is -2.12. The fourth-order valence-electron chi connectivity index (χ4n) is 2.18. The van der Waals surface area contributed by atoms with Gasteiger partial charge in [0.15, 0.2) is 0 Å². The summed E-state index contributed by atoms with van der Waals surface area (Å²) in [5.74, 6) is 0. The monoisotopic (exact) mass is 220 g/mol. The third-order valence-corrected chi connectivity index (χ3v) is 3.80. The summed E-state index contributed by atoms with van der Waals surface area (Å²) in [6.45, 7) is 0.743. The van der Waals surface area contributed by atoms with Gasteiger partial charge in [-0.3, -0.25) is 0 Å². The molecule has 3 heteroatoms. The van der Waals surface area contributed by atoms with Crippen LogP contribution < -0.4 is 5.73 Å². The normalized spacial score (nSPS) is 18.3. The second-order valence-electron chi connectivity index (χ2n) is 4.38. The molecule has 3 N–H and O–H groups in total. The van der Waals surface area contributed by atoms with Crippen molar-refractivity contribution < 1.29 is 0 Å². The Morgan fingerprint density at radius 1 is 1.40 bits per heavy atom. The van der Waals surface area contributed by atoms with Gasteiger partial charge in [-0.2, -0.15) is 0 Å². The van der Waals surface area contributed by atoms with Gasteiger partial charge in [-0.05, 0) is 24.5 Å². The minimum Gasteiger partial charge on any atom is -0.360 e. The van der Waals surface area contributed by atoms with Crippen LogP contribution in [0.25, 0.3) is 10.9 Å². The molecule has 1 heterocycles. The van der Waals surface area contributed by atoms with E-state index in [1.165, 1.54) is 18.4 Å². The number of aromatic amines is 1. The van der Waals surface area contributed by atoms with E-state index < -0.39 is 0 Å². The van der Waals surface area contributed by atoms with Gasteiger partial charge in [0.25, 0.3) is 0 Å². The number of aromatic nitrogens is 1. The van der Waals surface area contributed by atoms with Crippen molar-refractivity contribution in [2.24, 2.45) is 5.73 Å². The second-order valence-corrected chi connectivity index (χ2v) is 4.79. The number of fused-ring (bicyclic) bond motifs is 1. The number of rotatable bonds is 2. The topological polar surface area (TPSA) is 41.8 Å². The standard InChI is InChI=1S/C12H13ClN2/c13-10-6-15-11-5-8(1-2-9(10)11)12(7-14)3-4-12/h1-2,5-6,15H,3-4,7,14H2. The van der Waals surface area contributed by atoms with Crippen LogP contribution in [-0.4, -0.2) is 11.5 Å². The number of hydrogen-bond acceptors (Lipinski definition) is 1. The molecular formula is C12H13ClN2. The van der Waals surface area contributed by atoms with E-state index in [2.05, 4.69) is 23.2 Å². The molecule has 0 spiro atoms. The fourth-order valence-corrected chi connectivity index (χ4v) is 2.40. The predicted molar refractivity (Wildman–Crippen MR) is 63.3 cm³/mol. The summed E-state index contributed by atoms with van der Waals surface area (Å²) in [5.41, 5.74) is 8.52. The molecule has 1 aromatic heterocycles. The summed E-state index contributed by atoms with van der Waals surface area (Å²) in [5, 5.41) is 1.88. The van der Waals surface area contributed by atoms with Crippen molar-refractivity contribution in [1.29, 1.82) is 0 Å². The average molecular weight is 221 g/mol. The molecule has 2 nitrogen and oxygen atoms in total. The number of nitrogens with two attached hydrogens (primary N) is 1. The molecule has 78 valence electrons. The Morgan fingerprint density at radius 2 is 2.20 bits per heavy atom. The zero-order valence-electron chi connectivity index (χ0n) is 8.39. The lowest BCUT2D eigenvalue weighted by Crippen LogP contribution is -2.19. The van der Waals surface area contributed by atoms with Crippen LogP contribution in [0.4, 0.5) is 0 Å². The van der Waals surface area contributed by atoms with Crippen LogP contribution in [0.15, 0.2) is 24.4 Å². The van der Waals surface area contributed by atoms with Crippen molar-refractivity contribution in [3.63, 3.8) is 0 Å². The first-order valence-electron chi connectivity index (χ1n) is 5.22. The Bertz CT molecular complexity index is 511. The Balaban J connectivity index is 2.14. The Hall–Kier alpha value is -0.990. The first kappa shape index (κ1) is 9.25. The van der Waals surface area contributed by atoms with Crippen LogP contribution in [0.1, 0.15) is 18.4 Å².